The molecule has 0 aromatic heterocycles. The summed E-state index contributed by atoms with van der Waals surface area (Å²) in [5.74, 6) is 1.75. The minimum Gasteiger partial charge on any atom is -0.484 e. The maximum atomic E-state index is 12.0. The van der Waals surface area contributed by atoms with Gasteiger partial charge in [0.15, 0.2) is 6.61 Å². The summed E-state index contributed by atoms with van der Waals surface area (Å²) in [5.41, 5.74) is 0.883. The van der Waals surface area contributed by atoms with E-state index in [2.05, 4.69) is 4.74 Å². The van der Waals surface area contributed by atoms with Crippen LogP contribution in [-0.4, -0.2) is 43.5 Å². The predicted molar refractivity (Wildman–Crippen MR) is 74.5 cm³/mol. The molecule has 1 fully saturated rings. The van der Waals surface area contributed by atoms with Gasteiger partial charge in [0.1, 0.15) is 5.75 Å². The summed E-state index contributed by atoms with van der Waals surface area (Å²) < 4.78 is 45.8. The molecule has 7 heteroatoms. The lowest BCUT2D eigenvalue weighted by atomic mass is 9.90. The normalized spacial score (nSPS) is 17.3. The quantitative estimate of drug-likeness (QED) is 0.838. The van der Waals surface area contributed by atoms with Gasteiger partial charge in [0.2, 0.25) is 0 Å². The number of aliphatic hydroxyl groups excluding tert-OH is 1. The summed E-state index contributed by atoms with van der Waals surface area (Å²) >= 11 is 1.68. The number of rotatable bonds is 7. The monoisotopic (exact) mass is 322 g/mol. The van der Waals surface area contributed by atoms with Crippen molar-refractivity contribution < 1.29 is 27.8 Å². The van der Waals surface area contributed by atoms with Crippen LogP contribution in [0.4, 0.5) is 13.2 Å². The van der Waals surface area contributed by atoms with E-state index in [0.717, 1.165) is 17.1 Å². The van der Waals surface area contributed by atoms with Crippen molar-refractivity contribution >= 4 is 11.8 Å². The molecular formula is C14H17F3O3S. The van der Waals surface area contributed by atoms with Gasteiger partial charge in [-0.05, 0) is 17.7 Å². The van der Waals surface area contributed by atoms with E-state index >= 15 is 0 Å². The summed E-state index contributed by atoms with van der Waals surface area (Å²) in [6.07, 6.45) is -4.32. The highest BCUT2D eigenvalue weighted by molar-refractivity contribution is 7.98. The molecule has 0 saturated carbocycles. The van der Waals surface area contributed by atoms with Crippen molar-refractivity contribution in [2.75, 3.05) is 32.2 Å². The van der Waals surface area contributed by atoms with Crippen molar-refractivity contribution in [1.82, 2.24) is 0 Å². The van der Waals surface area contributed by atoms with Crippen LogP contribution in [0.25, 0.3) is 0 Å². The average molecular weight is 322 g/mol. The Morgan fingerprint density at radius 3 is 2.38 bits per heavy atom. The molecule has 1 saturated heterocycles. The van der Waals surface area contributed by atoms with Crippen LogP contribution >= 0.6 is 11.8 Å². The first-order chi connectivity index (χ1) is 9.92. The molecular weight excluding hydrogens is 305 g/mol. The van der Waals surface area contributed by atoms with E-state index in [-0.39, 0.29) is 17.8 Å². The van der Waals surface area contributed by atoms with Crippen molar-refractivity contribution in [3.63, 3.8) is 0 Å². The van der Waals surface area contributed by atoms with E-state index in [1.165, 1.54) is 12.1 Å². The Morgan fingerprint density at radius 2 is 1.90 bits per heavy atom. The third kappa shape index (κ3) is 5.09. The van der Waals surface area contributed by atoms with Gasteiger partial charge in [0, 0.05) is 16.9 Å². The summed E-state index contributed by atoms with van der Waals surface area (Å²) in [5, 5.41) is 9.29. The molecule has 1 aliphatic heterocycles. The van der Waals surface area contributed by atoms with Crippen LogP contribution in [-0.2, 0) is 10.5 Å². The minimum absolute atomic E-state index is 0.115. The molecule has 0 radical (unpaired) electrons. The smallest absolute Gasteiger partial charge is 0.422 e. The SMILES string of the molecule is OCC1(CSCc2ccc(OCC(F)(F)F)cc2)COC1. The zero-order valence-corrected chi connectivity index (χ0v) is 12.2. The van der Waals surface area contributed by atoms with E-state index in [1.54, 1.807) is 23.9 Å². The molecule has 3 nitrogen and oxygen atoms in total. The topological polar surface area (TPSA) is 38.7 Å². The van der Waals surface area contributed by atoms with E-state index in [1.807, 2.05) is 0 Å². The van der Waals surface area contributed by atoms with Crippen molar-refractivity contribution in [2.45, 2.75) is 11.9 Å². The molecule has 118 valence electrons. The van der Waals surface area contributed by atoms with Crippen LogP contribution in [0, 0.1) is 5.41 Å². The zero-order chi connectivity index (χ0) is 15.3. The van der Waals surface area contributed by atoms with Gasteiger partial charge in [-0.1, -0.05) is 12.1 Å². The van der Waals surface area contributed by atoms with Crippen LogP contribution in [0.15, 0.2) is 24.3 Å². The number of halogens is 3. The van der Waals surface area contributed by atoms with Gasteiger partial charge >= 0.3 is 6.18 Å². The van der Waals surface area contributed by atoms with Gasteiger partial charge in [0.05, 0.1) is 19.8 Å². The Bertz CT molecular complexity index is 438. The number of thioether (sulfide) groups is 1. The van der Waals surface area contributed by atoms with Gasteiger partial charge in [0.25, 0.3) is 0 Å². The summed E-state index contributed by atoms with van der Waals surface area (Å²) in [6, 6.07) is 6.58. The number of aliphatic hydroxyl groups is 1. The summed E-state index contributed by atoms with van der Waals surface area (Å²) in [7, 11) is 0. The molecule has 21 heavy (non-hydrogen) atoms. The first kappa shape index (κ1) is 16.5. The van der Waals surface area contributed by atoms with Crippen LogP contribution < -0.4 is 4.74 Å². The summed E-state index contributed by atoms with van der Waals surface area (Å²) in [4.78, 5) is 0. The highest BCUT2D eigenvalue weighted by Gasteiger charge is 2.37. The highest BCUT2D eigenvalue weighted by atomic mass is 32.2. The van der Waals surface area contributed by atoms with Crippen molar-refractivity contribution in [1.29, 1.82) is 0 Å². The largest absolute Gasteiger partial charge is 0.484 e. The van der Waals surface area contributed by atoms with Gasteiger partial charge in [-0.15, -0.1) is 0 Å². The molecule has 0 aliphatic carbocycles. The molecule has 1 heterocycles. The molecule has 0 amide bonds. The molecule has 0 unspecified atom stereocenters. The zero-order valence-electron chi connectivity index (χ0n) is 11.4. The molecule has 1 N–H and O–H groups in total. The van der Waals surface area contributed by atoms with Crippen LogP contribution in [0.3, 0.4) is 0 Å². The average Bonchev–Trinajstić information content (AvgIpc) is 2.40. The third-order valence-corrected chi connectivity index (χ3v) is 4.51. The van der Waals surface area contributed by atoms with Gasteiger partial charge in [-0.3, -0.25) is 0 Å². The van der Waals surface area contributed by atoms with Crippen molar-refractivity contribution in [2.24, 2.45) is 5.41 Å². The fourth-order valence-corrected chi connectivity index (χ4v) is 3.06. The van der Waals surface area contributed by atoms with Crippen molar-refractivity contribution in [3.8, 4) is 5.75 Å². The van der Waals surface area contributed by atoms with Gasteiger partial charge < -0.3 is 14.6 Å². The molecule has 1 aliphatic rings. The van der Waals surface area contributed by atoms with Crippen molar-refractivity contribution in [3.05, 3.63) is 29.8 Å². The van der Waals surface area contributed by atoms with Crippen LogP contribution in [0.5, 0.6) is 5.75 Å². The summed E-state index contributed by atoms with van der Waals surface area (Å²) in [6.45, 7) is 0.00573. The molecule has 0 spiro atoms. The van der Waals surface area contributed by atoms with Gasteiger partial charge in [-0.25, -0.2) is 0 Å². The third-order valence-electron chi connectivity index (χ3n) is 3.15. The number of alkyl halides is 3. The Labute approximate surface area is 125 Å². The first-order valence-electron chi connectivity index (χ1n) is 6.47. The lowest BCUT2D eigenvalue weighted by Crippen LogP contribution is -2.47. The maximum absolute atomic E-state index is 12.0. The second-order valence-corrected chi connectivity index (χ2v) is 6.18. The molecule has 2 rings (SSSR count). The standard InChI is InChI=1S/C14H17F3O3S/c15-14(16,17)9-20-12-3-1-11(2-4-12)5-21-10-13(6-18)7-19-8-13/h1-4,18H,5-10H2. The van der Waals surface area contributed by atoms with E-state index in [4.69, 9.17) is 4.74 Å². The molecule has 0 atom stereocenters. The van der Waals surface area contributed by atoms with Gasteiger partial charge in [-0.2, -0.15) is 24.9 Å². The van der Waals surface area contributed by atoms with Crippen LogP contribution in [0.2, 0.25) is 0 Å². The molecule has 1 aromatic rings. The van der Waals surface area contributed by atoms with E-state index in [0.29, 0.717) is 13.2 Å². The maximum Gasteiger partial charge on any atom is 0.422 e. The lowest BCUT2D eigenvalue weighted by molar-refractivity contribution is -0.153. The Morgan fingerprint density at radius 1 is 1.24 bits per heavy atom. The Balaban J connectivity index is 1.74. The minimum atomic E-state index is -4.32. The molecule has 0 bridgehead atoms. The fraction of sp³-hybridized carbons (Fsp3) is 0.571. The predicted octanol–water partition coefficient (Wildman–Crippen LogP) is 2.87. The Hall–Kier alpha value is -0.920. The number of benzene rings is 1. The Kier molecular flexibility index (Phi) is 5.40. The lowest BCUT2D eigenvalue weighted by Gasteiger charge is -2.39. The second kappa shape index (κ2) is 6.89. The second-order valence-electron chi connectivity index (χ2n) is 5.19. The van der Waals surface area contributed by atoms with E-state index < -0.39 is 12.8 Å². The number of hydrogen-bond acceptors (Lipinski definition) is 4. The fourth-order valence-electron chi connectivity index (χ4n) is 1.84. The first-order valence-corrected chi connectivity index (χ1v) is 7.63. The number of ether oxygens (including phenoxy) is 2. The molecule has 1 aromatic carbocycles. The van der Waals surface area contributed by atoms with E-state index in [9.17, 15) is 18.3 Å². The number of hydrogen-bond donors (Lipinski definition) is 1. The van der Waals surface area contributed by atoms with Crippen LogP contribution in [0.1, 0.15) is 5.56 Å². The highest BCUT2D eigenvalue weighted by Crippen LogP contribution is 2.32.